The van der Waals surface area contributed by atoms with Crippen LogP contribution in [0.2, 0.25) is 0 Å². The largest absolute Gasteiger partial charge is 0.505 e. The zero-order chi connectivity index (χ0) is 12.4. The molecule has 1 aliphatic rings. The first-order valence-corrected chi connectivity index (χ1v) is 6.78. The van der Waals surface area contributed by atoms with Gasteiger partial charge in [0.1, 0.15) is 0 Å². The molecule has 0 amide bonds. The lowest BCUT2D eigenvalue weighted by atomic mass is 9.94. The quantitative estimate of drug-likeness (QED) is 0.878. The number of rotatable bonds is 2. The van der Waals surface area contributed by atoms with E-state index in [2.05, 4.69) is 21.2 Å². The number of aromatic hydroxyl groups is 1. The van der Waals surface area contributed by atoms with Crippen molar-refractivity contribution in [3.8, 4) is 5.75 Å². The molecule has 1 aromatic rings. The van der Waals surface area contributed by atoms with Gasteiger partial charge >= 0.3 is 0 Å². The SMILES string of the molecule is Cc1c(Br)cc(F)c(O)c1CC1CCCCN1. The third kappa shape index (κ3) is 2.80. The lowest BCUT2D eigenvalue weighted by molar-refractivity contribution is 0.383. The van der Waals surface area contributed by atoms with E-state index in [0.717, 1.165) is 28.6 Å². The van der Waals surface area contributed by atoms with E-state index in [1.54, 1.807) is 0 Å². The van der Waals surface area contributed by atoms with Crippen LogP contribution in [-0.4, -0.2) is 17.7 Å². The van der Waals surface area contributed by atoms with E-state index in [0.29, 0.717) is 12.5 Å². The molecule has 0 saturated carbocycles. The van der Waals surface area contributed by atoms with Gasteiger partial charge in [0.2, 0.25) is 0 Å². The van der Waals surface area contributed by atoms with Crippen molar-refractivity contribution in [2.75, 3.05) is 6.54 Å². The van der Waals surface area contributed by atoms with Crippen molar-refractivity contribution < 1.29 is 9.50 Å². The van der Waals surface area contributed by atoms with Crippen molar-refractivity contribution in [3.63, 3.8) is 0 Å². The van der Waals surface area contributed by atoms with E-state index in [-0.39, 0.29) is 5.75 Å². The molecule has 4 heteroatoms. The van der Waals surface area contributed by atoms with Gasteiger partial charge in [-0.1, -0.05) is 22.4 Å². The van der Waals surface area contributed by atoms with Gasteiger partial charge in [-0.15, -0.1) is 0 Å². The van der Waals surface area contributed by atoms with Crippen molar-refractivity contribution >= 4 is 15.9 Å². The number of halogens is 2. The molecule has 0 radical (unpaired) electrons. The molecule has 1 aliphatic heterocycles. The van der Waals surface area contributed by atoms with E-state index >= 15 is 0 Å². The van der Waals surface area contributed by atoms with Crippen LogP contribution in [0.5, 0.6) is 5.75 Å². The molecule has 17 heavy (non-hydrogen) atoms. The summed E-state index contributed by atoms with van der Waals surface area (Å²) in [6, 6.07) is 1.67. The summed E-state index contributed by atoms with van der Waals surface area (Å²) in [4.78, 5) is 0. The monoisotopic (exact) mass is 301 g/mol. The predicted molar refractivity (Wildman–Crippen MR) is 69.8 cm³/mol. The van der Waals surface area contributed by atoms with Crippen LogP contribution in [0, 0.1) is 12.7 Å². The lowest BCUT2D eigenvalue weighted by Crippen LogP contribution is -2.35. The van der Waals surface area contributed by atoms with Crippen LogP contribution in [0.1, 0.15) is 30.4 Å². The summed E-state index contributed by atoms with van der Waals surface area (Å²) in [5.41, 5.74) is 1.65. The number of piperidine rings is 1. The average Bonchev–Trinajstić information content (AvgIpc) is 2.33. The van der Waals surface area contributed by atoms with Gasteiger partial charge in [-0.25, -0.2) is 4.39 Å². The highest BCUT2D eigenvalue weighted by molar-refractivity contribution is 9.10. The summed E-state index contributed by atoms with van der Waals surface area (Å²) in [5, 5.41) is 13.2. The van der Waals surface area contributed by atoms with E-state index < -0.39 is 5.82 Å². The highest BCUT2D eigenvalue weighted by Crippen LogP contribution is 2.32. The van der Waals surface area contributed by atoms with Crippen LogP contribution in [0.15, 0.2) is 10.5 Å². The van der Waals surface area contributed by atoms with Crippen molar-refractivity contribution in [2.24, 2.45) is 0 Å². The minimum Gasteiger partial charge on any atom is -0.505 e. The summed E-state index contributed by atoms with van der Waals surface area (Å²) in [5.74, 6) is -0.744. The van der Waals surface area contributed by atoms with Crippen molar-refractivity contribution in [1.29, 1.82) is 0 Å². The van der Waals surface area contributed by atoms with E-state index in [4.69, 9.17) is 0 Å². The van der Waals surface area contributed by atoms with E-state index in [9.17, 15) is 9.50 Å². The summed E-state index contributed by atoms with van der Waals surface area (Å²) < 4.78 is 14.2. The van der Waals surface area contributed by atoms with E-state index in [1.807, 2.05) is 6.92 Å². The molecule has 2 N–H and O–H groups in total. The first kappa shape index (κ1) is 12.8. The normalized spacial score (nSPS) is 20.5. The van der Waals surface area contributed by atoms with Gasteiger partial charge < -0.3 is 10.4 Å². The molecular formula is C13H17BrFNO. The van der Waals surface area contributed by atoms with Gasteiger partial charge in [0, 0.05) is 16.1 Å². The lowest BCUT2D eigenvalue weighted by Gasteiger charge is -2.24. The third-order valence-corrected chi connectivity index (χ3v) is 4.26. The number of benzene rings is 1. The van der Waals surface area contributed by atoms with Crippen LogP contribution in [0.4, 0.5) is 4.39 Å². The second-order valence-corrected chi connectivity index (χ2v) is 5.50. The molecule has 1 saturated heterocycles. The van der Waals surface area contributed by atoms with Crippen LogP contribution in [-0.2, 0) is 6.42 Å². The Morgan fingerprint density at radius 1 is 1.53 bits per heavy atom. The van der Waals surface area contributed by atoms with Crippen LogP contribution in [0.3, 0.4) is 0 Å². The van der Waals surface area contributed by atoms with Crippen LogP contribution < -0.4 is 5.32 Å². The highest BCUT2D eigenvalue weighted by Gasteiger charge is 2.19. The fraction of sp³-hybridized carbons (Fsp3) is 0.538. The number of hydrogen-bond donors (Lipinski definition) is 2. The van der Waals surface area contributed by atoms with Gasteiger partial charge in [0.05, 0.1) is 0 Å². The summed E-state index contributed by atoms with van der Waals surface area (Å²) in [6.07, 6.45) is 4.18. The smallest absolute Gasteiger partial charge is 0.166 e. The second-order valence-electron chi connectivity index (χ2n) is 4.64. The molecule has 2 nitrogen and oxygen atoms in total. The molecule has 0 aromatic heterocycles. The molecule has 1 aromatic carbocycles. The van der Waals surface area contributed by atoms with Crippen LogP contribution >= 0.6 is 15.9 Å². The fourth-order valence-corrected chi connectivity index (χ4v) is 2.79. The highest BCUT2D eigenvalue weighted by atomic mass is 79.9. The standard InChI is InChI=1S/C13H17BrFNO/c1-8-10(6-9-4-2-3-5-16-9)13(17)12(15)7-11(8)14/h7,9,16-17H,2-6H2,1H3. The van der Waals surface area contributed by atoms with Gasteiger partial charge in [-0.3, -0.25) is 0 Å². The minimum atomic E-state index is -0.548. The third-order valence-electron chi connectivity index (χ3n) is 3.44. The number of phenols is 1. The maximum absolute atomic E-state index is 13.5. The van der Waals surface area contributed by atoms with Gasteiger partial charge in [-0.2, -0.15) is 0 Å². The van der Waals surface area contributed by atoms with Crippen molar-refractivity contribution in [2.45, 2.75) is 38.6 Å². The average molecular weight is 302 g/mol. The number of phenolic OH excluding ortho intramolecular Hbond substituents is 1. The Hall–Kier alpha value is -0.610. The van der Waals surface area contributed by atoms with Crippen molar-refractivity contribution in [1.82, 2.24) is 5.32 Å². The van der Waals surface area contributed by atoms with E-state index in [1.165, 1.54) is 18.9 Å². The Kier molecular flexibility index (Phi) is 4.05. The Bertz CT molecular complexity index is 390. The molecule has 1 fully saturated rings. The molecule has 1 unspecified atom stereocenters. The topological polar surface area (TPSA) is 32.3 Å². The maximum Gasteiger partial charge on any atom is 0.166 e. The maximum atomic E-state index is 13.5. The zero-order valence-corrected chi connectivity index (χ0v) is 11.5. The summed E-state index contributed by atoms with van der Waals surface area (Å²) in [6.45, 7) is 2.92. The molecule has 2 rings (SSSR count). The zero-order valence-electron chi connectivity index (χ0n) is 9.89. The Morgan fingerprint density at radius 2 is 2.29 bits per heavy atom. The Labute approximate surface area is 109 Å². The molecular weight excluding hydrogens is 285 g/mol. The molecule has 94 valence electrons. The van der Waals surface area contributed by atoms with Crippen molar-refractivity contribution in [3.05, 3.63) is 27.5 Å². The van der Waals surface area contributed by atoms with Gasteiger partial charge in [0.25, 0.3) is 0 Å². The number of nitrogens with one attached hydrogen (secondary N) is 1. The first-order chi connectivity index (χ1) is 8.09. The molecule has 1 heterocycles. The first-order valence-electron chi connectivity index (χ1n) is 5.99. The van der Waals surface area contributed by atoms with Gasteiger partial charge in [0.15, 0.2) is 11.6 Å². The van der Waals surface area contributed by atoms with Crippen LogP contribution in [0.25, 0.3) is 0 Å². The summed E-state index contributed by atoms with van der Waals surface area (Å²) >= 11 is 3.32. The fourth-order valence-electron chi connectivity index (χ4n) is 2.35. The molecule has 0 aliphatic carbocycles. The minimum absolute atomic E-state index is 0.196. The predicted octanol–water partition coefficient (Wildman–Crippen LogP) is 3.29. The Morgan fingerprint density at radius 3 is 2.94 bits per heavy atom. The van der Waals surface area contributed by atoms with Gasteiger partial charge in [-0.05, 0) is 44.4 Å². The summed E-state index contributed by atoms with van der Waals surface area (Å²) in [7, 11) is 0. The molecule has 0 spiro atoms. The Balaban J connectivity index is 2.24. The second kappa shape index (κ2) is 5.36. The number of hydrogen-bond acceptors (Lipinski definition) is 2. The molecule has 0 bridgehead atoms. The molecule has 1 atom stereocenters.